The van der Waals surface area contributed by atoms with E-state index in [0.717, 1.165) is 11.2 Å². The third-order valence-electron chi connectivity index (χ3n) is 2.17. The Morgan fingerprint density at radius 3 is 1.83 bits per heavy atom. The smallest absolute Gasteiger partial charge is 0.0705 e. The molecule has 0 saturated heterocycles. The Labute approximate surface area is 113 Å². The number of aryl methyl sites for hydroxylation is 2. The molecule has 0 aliphatic heterocycles. The molecule has 0 unspecified atom stereocenters. The normalized spacial score (nSPS) is 8.00. The van der Waals surface area contributed by atoms with Gasteiger partial charge in [-0.25, -0.2) is 0 Å². The molecule has 1 heteroatoms. The highest BCUT2D eigenvalue weighted by atomic mass is 14.7. The Morgan fingerprint density at radius 2 is 1.28 bits per heavy atom. The minimum atomic E-state index is 1.08. The largest absolute Gasteiger partial charge is 0.253 e. The summed E-state index contributed by atoms with van der Waals surface area (Å²) in [6, 6.07) is 10.4. The van der Waals surface area contributed by atoms with Crippen LogP contribution in [0.4, 0.5) is 0 Å². The Balaban J connectivity index is 0. The summed E-state index contributed by atoms with van der Waals surface area (Å²) in [5, 5.41) is 1.22. The third-order valence-corrected chi connectivity index (χ3v) is 2.17. The molecule has 0 fully saturated rings. The second-order valence-electron chi connectivity index (χ2n) is 3.08. The Bertz CT molecular complexity index is 378. The zero-order chi connectivity index (χ0) is 14.6. The lowest BCUT2D eigenvalue weighted by molar-refractivity contribution is 1.20. The van der Waals surface area contributed by atoms with Crippen LogP contribution in [0.15, 0.2) is 30.3 Å². The molecular formula is C17H29N. The van der Waals surface area contributed by atoms with Crippen molar-refractivity contribution in [2.24, 2.45) is 0 Å². The lowest BCUT2D eigenvalue weighted by Crippen LogP contribution is -1.87. The molecule has 0 N–H and O–H groups in total. The molecule has 0 bridgehead atoms. The van der Waals surface area contributed by atoms with E-state index in [1.54, 1.807) is 0 Å². The molecule has 0 atom stereocenters. The number of hydrogen-bond acceptors (Lipinski definition) is 1. The summed E-state index contributed by atoms with van der Waals surface area (Å²) in [6.07, 6.45) is 0. The molecule has 0 saturated carbocycles. The fourth-order valence-electron chi connectivity index (χ4n) is 1.32. The highest BCUT2D eigenvalue weighted by Gasteiger charge is 1.96. The second-order valence-corrected chi connectivity index (χ2v) is 3.08. The van der Waals surface area contributed by atoms with Crippen LogP contribution in [0.2, 0.25) is 0 Å². The van der Waals surface area contributed by atoms with Crippen molar-refractivity contribution < 1.29 is 0 Å². The van der Waals surface area contributed by atoms with Gasteiger partial charge in [-0.2, -0.15) is 0 Å². The number of para-hydroxylation sites is 1. The number of nitrogens with zero attached hydrogens (tertiary/aromatic N) is 1. The SMILES string of the molecule is CC.CC.CC.Cc1cc2ccccc2nc1C. The molecule has 0 aliphatic rings. The maximum atomic E-state index is 4.48. The summed E-state index contributed by atoms with van der Waals surface area (Å²) in [4.78, 5) is 4.48. The van der Waals surface area contributed by atoms with Crippen LogP contribution in [0.3, 0.4) is 0 Å². The summed E-state index contributed by atoms with van der Waals surface area (Å²) >= 11 is 0. The molecule has 1 aromatic heterocycles. The van der Waals surface area contributed by atoms with E-state index in [1.165, 1.54) is 10.9 Å². The van der Waals surface area contributed by atoms with Crippen molar-refractivity contribution in [1.29, 1.82) is 0 Å². The van der Waals surface area contributed by atoms with Gasteiger partial charge < -0.3 is 0 Å². The third kappa shape index (κ3) is 5.81. The van der Waals surface area contributed by atoms with Crippen molar-refractivity contribution >= 4 is 10.9 Å². The van der Waals surface area contributed by atoms with Gasteiger partial charge in [-0.3, -0.25) is 4.98 Å². The van der Waals surface area contributed by atoms with E-state index in [9.17, 15) is 0 Å². The zero-order valence-electron chi connectivity index (χ0n) is 13.3. The minimum Gasteiger partial charge on any atom is -0.253 e. The summed E-state index contributed by atoms with van der Waals surface area (Å²) in [6.45, 7) is 16.1. The van der Waals surface area contributed by atoms with Gasteiger partial charge in [-0.1, -0.05) is 59.7 Å². The average Bonchev–Trinajstić information content (AvgIpc) is 2.47. The lowest BCUT2D eigenvalue weighted by atomic mass is 10.1. The van der Waals surface area contributed by atoms with Gasteiger partial charge in [-0.15, -0.1) is 0 Å². The number of rotatable bonds is 0. The summed E-state index contributed by atoms with van der Waals surface area (Å²) in [5.41, 5.74) is 3.46. The van der Waals surface area contributed by atoms with Crippen LogP contribution in [-0.4, -0.2) is 4.98 Å². The topological polar surface area (TPSA) is 12.9 Å². The van der Waals surface area contributed by atoms with Crippen LogP contribution in [0.5, 0.6) is 0 Å². The van der Waals surface area contributed by atoms with Crippen molar-refractivity contribution in [2.45, 2.75) is 55.4 Å². The maximum absolute atomic E-state index is 4.48. The first-order chi connectivity index (χ1) is 8.77. The van der Waals surface area contributed by atoms with Crippen LogP contribution >= 0.6 is 0 Å². The van der Waals surface area contributed by atoms with Crippen LogP contribution in [0.25, 0.3) is 10.9 Å². The van der Waals surface area contributed by atoms with Crippen molar-refractivity contribution in [3.8, 4) is 0 Å². The summed E-state index contributed by atoms with van der Waals surface area (Å²) in [5.74, 6) is 0. The van der Waals surface area contributed by atoms with E-state index in [4.69, 9.17) is 0 Å². The van der Waals surface area contributed by atoms with E-state index in [2.05, 4.69) is 24.0 Å². The molecule has 0 spiro atoms. The number of fused-ring (bicyclic) bond motifs is 1. The zero-order valence-corrected chi connectivity index (χ0v) is 13.3. The molecule has 1 aromatic carbocycles. The van der Waals surface area contributed by atoms with Gasteiger partial charge in [0.15, 0.2) is 0 Å². The van der Waals surface area contributed by atoms with Crippen LogP contribution < -0.4 is 0 Å². The van der Waals surface area contributed by atoms with Crippen LogP contribution in [-0.2, 0) is 0 Å². The minimum absolute atomic E-state index is 1.08. The summed E-state index contributed by atoms with van der Waals surface area (Å²) < 4.78 is 0. The van der Waals surface area contributed by atoms with Gasteiger partial charge >= 0.3 is 0 Å². The number of pyridine rings is 1. The van der Waals surface area contributed by atoms with E-state index >= 15 is 0 Å². The van der Waals surface area contributed by atoms with E-state index in [-0.39, 0.29) is 0 Å². The maximum Gasteiger partial charge on any atom is 0.0705 e. The fraction of sp³-hybridized carbons (Fsp3) is 0.471. The molecule has 102 valence electrons. The number of benzene rings is 1. The van der Waals surface area contributed by atoms with Crippen molar-refractivity contribution in [3.63, 3.8) is 0 Å². The van der Waals surface area contributed by atoms with Gasteiger partial charge in [0.2, 0.25) is 0 Å². The predicted octanol–water partition coefficient (Wildman–Crippen LogP) is 5.93. The van der Waals surface area contributed by atoms with E-state index in [1.807, 2.05) is 66.7 Å². The van der Waals surface area contributed by atoms with Crippen LogP contribution in [0, 0.1) is 13.8 Å². The number of hydrogen-bond donors (Lipinski definition) is 0. The van der Waals surface area contributed by atoms with Gasteiger partial charge in [0.25, 0.3) is 0 Å². The first-order valence-corrected chi connectivity index (χ1v) is 7.10. The highest BCUT2D eigenvalue weighted by Crippen LogP contribution is 2.14. The standard InChI is InChI=1S/C11H11N.3C2H6/c1-8-7-10-5-3-4-6-11(10)12-9(8)2;3*1-2/h3-7H,1-2H3;3*1-2H3. The Hall–Kier alpha value is -1.37. The van der Waals surface area contributed by atoms with E-state index < -0.39 is 0 Å². The molecule has 0 radical (unpaired) electrons. The second kappa shape index (κ2) is 12.1. The Kier molecular flexibility index (Phi) is 12.8. The molecule has 1 heterocycles. The first kappa shape index (κ1) is 19.0. The molecule has 18 heavy (non-hydrogen) atoms. The van der Waals surface area contributed by atoms with Crippen molar-refractivity contribution in [1.82, 2.24) is 4.98 Å². The highest BCUT2D eigenvalue weighted by molar-refractivity contribution is 5.79. The molecule has 2 rings (SSSR count). The van der Waals surface area contributed by atoms with E-state index in [0.29, 0.717) is 0 Å². The summed E-state index contributed by atoms with van der Waals surface area (Å²) in [7, 11) is 0. The fourth-order valence-corrected chi connectivity index (χ4v) is 1.32. The molecule has 1 nitrogen and oxygen atoms in total. The molecule has 0 amide bonds. The van der Waals surface area contributed by atoms with Gasteiger partial charge in [0.1, 0.15) is 0 Å². The molecule has 0 aliphatic carbocycles. The van der Waals surface area contributed by atoms with Gasteiger partial charge in [-0.05, 0) is 31.5 Å². The molecule has 2 aromatic rings. The Morgan fingerprint density at radius 1 is 0.778 bits per heavy atom. The van der Waals surface area contributed by atoms with Crippen molar-refractivity contribution in [3.05, 3.63) is 41.6 Å². The average molecular weight is 247 g/mol. The predicted molar refractivity (Wildman–Crippen MR) is 85.3 cm³/mol. The number of aromatic nitrogens is 1. The van der Waals surface area contributed by atoms with Gasteiger partial charge in [0, 0.05) is 11.1 Å². The first-order valence-electron chi connectivity index (χ1n) is 7.10. The van der Waals surface area contributed by atoms with Crippen molar-refractivity contribution in [2.75, 3.05) is 0 Å². The quantitative estimate of drug-likeness (QED) is 0.562. The molecular weight excluding hydrogens is 218 g/mol. The monoisotopic (exact) mass is 247 g/mol. The van der Waals surface area contributed by atoms with Gasteiger partial charge in [0.05, 0.1) is 5.52 Å². The lowest BCUT2D eigenvalue weighted by Gasteiger charge is -2.01. The van der Waals surface area contributed by atoms with Crippen LogP contribution in [0.1, 0.15) is 52.8 Å².